The number of halogens is 2. The van der Waals surface area contributed by atoms with Crippen molar-refractivity contribution in [3.8, 4) is 0 Å². The highest BCUT2D eigenvalue weighted by molar-refractivity contribution is 9.14. The number of Topliss-reactive ketones (excluding diaryl/α,β-unsaturated/α-hetero) is 1. The van der Waals surface area contributed by atoms with Gasteiger partial charge >= 0.3 is 5.97 Å². The Hall–Kier alpha value is -0.940. The Balaban J connectivity index is 2.09. The molecule has 0 radical (unpaired) electrons. The van der Waals surface area contributed by atoms with Crippen LogP contribution in [0.15, 0.2) is 39.3 Å². The third kappa shape index (κ3) is 2.66. The summed E-state index contributed by atoms with van der Waals surface area (Å²) < 4.78 is 5.99. The van der Waals surface area contributed by atoms with Gasteiger partial charge in [0.25, 0.3) is 0 Å². The number of benzene rings is 1. The lowest BCUT2D eigenvalue weighted by molar-refractivity contribution is -0.138. The van der Waals surface area contributed by atoms with Crippen molar-refractivity contribution in [3.63, 3.8) is 0 Å². The molecule has 0 N–H and O–H groups in total. The number of hydrogen-bond donors (Lipinski definition) is 0. The van der Waals surface area contributed by atoms with Crippen LogP contribution in [0.2, 0.25) is 0 Å². The van der Waals surface area contributed by atoms with Crippen LogP contribution >= 0.6 is 31.9 Å². The molecule has 2 rings (SSSR count). The standard InChI is InChI=1S/C12H8Br2O3/c13-10-9(17-12(16)11(10)14)6-8(15)7-4-2-1-3-5-7/h1-5,9H,6H2/t9-/m0/s1. The molecule has 0 amide bonds. The molecule has 0 aromatic heterocycles. The van der Waals surface area contributed by atoms with Crippen LogP contribution in [0.3, 0.4) is 0 Å². The van der Waals surface area contributed by atoms with E-state index in [9.17, 15) is 9.59 Å². The number of carbonyl (C=O) groups is 2. The minimum absolute atomic E-state index is 0.0532. The molecule has 0 saturated heterocycles. The molecule has 1 aliphatic heterocycles. The zero-order valence-corrected chi connectivity index (χ0v) is 11.8. The highest BCUT2D eigenvalue weighted by Crippen LogP contribution is 2.33. The van der Waals surface area contributed by atoms with E-state index in [2.05, 4.69) is 31.9 Å². The van der Waals surface area contributed by atoms with E-state index in [0.717, 1.165) is 0 Å². The van der Waals surface area contributed by atoms with E-state index in [1.54, 1.807) is 24.3 Å². The molecular formula is C12H8Br2O3. The Kier molecular flexibility index (Phi) is 3.79. The predicted molar refractivity (Wildman–Crippen MR) is 70.1 cm³/mol. The number of carbonyl (C=O) groups excluding carboxylic acids is 2. The fourth-order valence-corrected chi connectivity index (χ4v) is 2.28. The first-order chi connectivity index (χ1) is 8.09. The Morgan fingerprint density at radius 1 is 1.24 bits per heavy atom. The summed E-state index contributed by atoms with van der Waals surface area (Å²) in [6.45, 7) is 0. The van der Waals surface area contributed by atoms with Gasteiger partial charge in [-0.05, 0) is 15.9 Å². The van der Waals surface area contributed by atoms with E-state index in [-0.39, 0.29) is 12.2 Å². The van der Waals surface area contributed by atoms with Crippen LogP contribution in [0.5, 0.6) is 0 Å². The van der Waals surface area contributed by atoms with Gasteiger partial charge in [-0.1, -0.05) is 46.3 Å². The molecule has 1 aromatic rings. The predicted octanol–water partition coefficient (Wildman–Crippen LogP) is 3.19. The van der Waals surface area contributed by atoms with Crippen molar-refractivity contribution >= 4 is 43.6 Å². The van der Waals surface area contributed by atoms with Gasteiger partial charge in [-0.15, -0.1) is 0 Å². The van der Waals surface area contributed by atoms with E-state index >= 15 is 0 Å². The molecular weight excluding hydrogens is 352 g/mol. The molecule has 0 unspecified atom stereocenters. The van der Waals surface area contributed by atoms with Gasteiger partial charge in [-0.2, -0.15) is 0 Å². The summed E-state index contributed by atoms with van der Waals surface area (Å²) in [6, 6.07) is 8.93. The lowest BCUT2D eigenvalue weighted by atomic mass is 10.1. The fraction of sp³-hybridized carbons (Fsp3) is 0.167. The monoisotopic (exact) mass is 358 g/mol. The van der Waals surface area contributed by atoms with Crippen molar-refractivity contribution in [2.75, 3.05) is 0 Å². The SMILES string of the molecule is O=C1O[C@@H](CC(=O)c2ccccc2)C(Br)=C1Br. The lowest BCUT2D eigenvalue weighted by Crippen LogP contribution is -2.15. The number of cyclic esters (lactones) is 1. The third-order valence-electron chi connectivity index (χ3n) is 2.39. The maximum absolute atomic E-state index is 11.9. The summed E-state index contributed by atoms with van der Waals surface area (Å²) in [6.07, 6.45) is -0.379. The second-order valence-corrected chi connectivity index (χ2v) is 5.20. The first-order valence-electron chi connectivity index (χ1n) is 4.94. The van der Waals surface area contributed by atoms with Crippen LogP contribution in [0.1, 0.15) is 16.8 Å². The van der Waals surface area contributed by atoms with E-state index in [1.807, 2.05) is 6.07 Å². The van der Waals surface area contributed by atoms with Crippen molar-refractivity contribution in [1.82, 2.24) is 0 Å². The van der Waals surface area contributed by atoms with Crippen LogP contribution in [0.25, 0.3) is 0 Å². The number of rotatable bonds is 3. The quantitative estimate of drug-likeness (QED) is 0.615. The number of esters is 1. The number of ether oxygens (including phenoxy) is 1. The summed E-state index contributed by atoms with van der Waals surface area (Å²) in [5, 5.41) is 0. The molecule has 1 aromatic carbocycles. The zero-order chi connectivity index (χ0) is 12.4. The molecule has 0 spiro atoms. The zero-order valence-electron chi connectivity index (χ0n) is 8.65. The second-order valence-electron chi connectivity index (χ2n) is 3.55. The molecule has 0 saturated carbocycles. The smallest absolute Gasteiger partial charge is 0.346 e. The maximum atomic E-state index is 11.9. The Morgan fingerprint density at radius 2 is 1.88 bits per heavy atom. The summed E-state index contributed by atoms with van der Waals surface area (Å²) in [5.41, 5.74) is 0.617. The van der Waals surface area contributed by atoms with Crippen molar-refractivity contribution in [1.29, 1.82) is 0 Å². The highest BCUT2D eigenvalue weighted by Gasteiger charge is 2.32. The van der Waals surface area contributed by atoms with Gasteiger partial charge in [0.05, 0.1) is 10.9 Å². The van der Waals surface area contributed by atoms with Crippen LogP contribution < -0.4 is 0 Å². The van der Waals surface area contributed by atoms with E-state index in [4.69, 9.17) is 4.74 Å². The largest absolute Gasteiger partial charge is 0.452 e. The Morgan fingerprint density at radius 3 is 2.41 bits per heavy atom. The number of ketones is 1. The Labute approximate surface area is 115 Å². The normalized spacial score (nSPS) is 19.4. The summed E-state index contributed by atoms with van der Waals surface area (Å²) in [5.74, 6) is -0.495. The molecule has 0 fully saturated rings. The average Bonchev–Trinajstić information content (AvgIpc) is 2.58. The van der Waals surface area contributed by atoms with Gasteiger partial charge in [-0.3, -0.25) is 4.79 Å². The van der Waals surface area contributed by atoms with Crippen molar-refractivity contribution in [3.05, 3.63) is 44.9 Å². The number of hydrogen-bond acceptors (Lipinski definition) is 3. The molecule has 3 nitrogen and oxygen atoms in total. The molecule has 88 valence electrons. The molecule has 1 heterocycles. The van der Waals surface area contributed by atoms with Crippen molar-refractivity contribution < 1.29 is 14.3 Å². The summed E-state index contributed by atoms with van der Waals surface area (Å²) in [4.78, 5) is 23.2. The second kappa shape index (κ2) is 5.14. The van der Waals surface area contributed by atoms with Gasteiger partial charge in [-0.25, -0.2) is 4.79 Å². The first kappa shape index (κ1) is 12.5. The van der Waals surface area contributed by atoms with Gasteiger partial charge < -0.3 is 4.74 Å². The molecule has 1 atom stereocenters. The third-order valence-corrected chi connectivity index (χ3v) is 4.58. The van der Waals surface area contributed by atoms with Gasteiger partial charge in [0.2, 0.25) is 0 Å². The first-order valence-corrected chi connectivity index (χ1v) is 6.52. The van der Waals surface area contributed by atoms with E-state index in [1.165, 1.54) is 0 Å². The molecule has 1 aliphatic rings. The maximum Gasteiger partial charge on any atom is 0.346 e. The van der Waals surface area contributed by atoms with Crippen molar-refractivity contribution in [2.24, 2.45) is 0 Å². The molecule has 0 bridgehead atoms. The van der Waals surface area contributed by atoms with Crippen LogP contribution in [-0.2, 0) is 9.53 Å². The van der Waals surface area contributed by atoms with Gasteiger partial charge in [0.1, 0.15) is 10.6 Å². The average molecular weight is 360 g/mol. The minimum atomic E-state index is -0.524. The minimum Gasteiger partial charge on any atom is -0.452 e. The van der Waals surface area contributed by atoms with Gasteiger partial charge in [0.15, 0.2) is 5.78 Å². The Bertz CT molecular complexity index is 494. The highest BCUT2D eigenvalue weighted by atomic mass is 79.9. The van der Waals surface area contributed by atoms with Crippen LogP contribution in [0.4, 0.5) is 0 Å². The topological polar surface area (TPSA) is 43.4 Å². The molecule has 17 heavy (non-hydrogen) atoms. The fourth-order valence-electron chi connectivity index (χ4n) is 1.51. The van der Waals surface area contributed by atoms with Crippen LogP contribution in [-0.4, -0.2) is 17.9 Å². The summed E-state index contributed by atoms with van der Waals surface area (Å²) >= 11 is 6.35. The summed E-state index contributed by atoms with van der Waals surface area (Å²) in [7, 11) is 0. The van der Waals surface area contributed by atoms with Gasteiger partial charge in [0, 0.05) is 5.56 Å². The van der Waals surface area contributed by atoms with Crippen molar-refractivity contribution in [2.45, 2.75) is 12.5 Å². The van der Waals surface area contributed by atoms with E-state index in [0.29, 0.717) is 14.5 Å². The van der Waals surface area contributed by atoms with Crippen LogP contribution in [0, 0.1) is 0 Å². The molecule has 5 heteroatoms. The lowest BCUT2D eigenvalue weighted by Gasteiger charge is -2.09. The van der Waals surface area contributed by atoms with E-state index < -0.39 is 12.1 Å². The molecule has 0 aliphatic carbocycles.